The van der Waals surface area contributed by atoms with E-state index >= 15 is 0 Å². The van der Waals surface area contributed by atoms with Gasteiger partial charge < -0.3 is 14.2 Å². The summed E-state index contributed by atoms with van der Waals surface area (Å²) in [7, 11) is 0. The summed E-state index contributed by atoms with van der Waals surface area (Å²) in [5.41, 5.74) is 1.16. The largest absolute Gasteiger partial charge is 0.450 e. The molecule has 2 heterocycles. The lowest BCUT2D eigenvalue weighted by atomic mass is 9.98. The fourth-order valence-corrected chi connectivity index (χ4v) is 4.58. The molecule has 0 aliphatic carbocycles. The Morgan fingerprint density at radius 1 is 1.10 bits per heavy atom. The molecule has 162 valence electrons. The summed E-state index contributed by atoms with van der Waals surface area (Å²) in [5, 5.41) is 0.415. The molecule has 1 aromatic heterocycles. The highest BCUT2D eigenvalue weighted by molar-refractivity contribution is 9.10. The van der Waals surface area contributed by atoms with Crippen molar-refractivity contribution in [1.29, 1.82) is 0 Å². The Balaban J connectivity index is 1.80. The maximum atomic E-state index is 13.6. The molecular weight excluding hydrogens is 463 g/mol. The maximum absolute atomic E-state index is 13.6. The Labute approximate surface area is 188 Å². The number of hydrogen-bond donors (Lipinski definition) is 0. The van der Waals surface area contributed by atoms with E-state index in [1.54, 1.807) is 35.2 Å². The van der Waals surface area contributed by atoms with Gasteiger partial charge in [0, 0.05) is 11.0 Å². The Kier molecular flexibility index (Phi) is 6.25. The lowest BCUT2D eigenvalue weighted by Gasteiger charge is -2.26. The van der Waals surface area contributed by atoms with Gasteiger partial charge in [0.05, 0.1) is 17.0 Å². The molecule has 0 saturated carbocycles. The van der Waals surface area contributed by atoms with Crippen molar-refractivity contribution in [1.82, 2.24) is 9.80 Å². The van der Waals surface area contributed by atoms with Crippen molar-refractivity contribution in [2.45, 2.75) is 26.3 Å². The van der Waals surface area contributed by atoms with E-state index in [2.05, 4.69) is 34.7 Å². The fraction of sp³-hybridized carbons (Fsp3) is 0.333. The van der Waals surface area contributed by atoms with Crippen molar-refractivity contribution < 1.29 is 13.6 Å². The first-order valence-corrected chi connectivity index (χ1v) is 11.3. The zero-order chi connectivity index (χ0) is 22.1. The summed E-state index contributed by atoms with van der Waals surface area (Å²) in [6, 6.07) is 10.5. The minimum absolute atomic E-state index is 0.0805. The van der Waals surface area contributed by atoms with Crippen LogP contribution in [0.1, 0.15) is 48.0 Å². The van der Waals surface area contributed by atoms with Crippen LogP contribution in [-0.4, -0.2) is 41.9 Å². The highest BCUT2D eigenvalue weighted by Crippen LogP contribution is 2.38. The number of rotatable bonds is 7. The van der Waals surface area contributed by atoms with Gasteiger partial charge in [0.25, 0.3) is 5.91 Å². The number of benzene rings is 2. The van der Waals surface area contributed by atoms with E-state index in [1.165, 1.54) is 12.1 Å². The van der Waals surface area contributed by atoms with Crippen LogP contribution in [0, 0.1) is 5.82 Å². The molecule has 31 heavy (non-hydrogen) atoms. The lowest BCUT2D eigenvalue weighted by molar-refractivity contribution is 0.0720. The van der Waals surface area contributed by atoms with Crippen molar-refractivity contribution in [3.63, 3.8) is 0 Å². The van der Waals surface area contributed by atoms with Crippen LogP contribution in [0.25, 0.3) is 11.0 Å². The third kappa shape index (κ3) is 4.04. The molecule has 3 aromatic rings. The van der Waals surface area contributed by atoms with Gasteiger partial charge in [-0.2, -0.15) is 0 Å². The maximum Gasteiger partial charge on any atom is 0.290 e. The molecule has 2 aromatic carbocycles. The summed E-state index contributed by atoms with van der Waals surface area (Å²) >= 11 is 3.40. The monoisotopic (exact) mass is 486 g/mol. The zero-order valence-electron chi connectivity index (χ0n) is 17.5. The van der Waals surface area contributed by atoms with Gasteiger partial charge in [-0.15, -0.1) is 0 Å². The number of carbonyl (C=O) groups excluding carboxylic acids is 1. The van der Waals surface area contributed by atoms with Crippen molar-refractivity contribution in [3.05, 3.63) is 79.9 Å². The second-order valence-corrected chi connectivity index (χ2v) is 8.56. The molecule has 0 saturated heterocycles. The molecule has 0 bridgehead atoms. The van der Waals surface area contributed by atoms with Gasteiger partial charge in [0.15, 0.2) is 5.43 Å². The van der Waals surface area contributed by atoms with Crippen LogP contribution < -0.4 is 5.43 Å². The van der Waals surface area contributed by atoms with Crippen LogP contribution in [0.4, 0.5) is 4.39 Å². The summed E-state index contributed by atoms with van der Waals surface area (Å²) in [4.78, 5) is 30.7. The van der Waals surface area contributed by atoms with E-state index in [0.717, 1.165) is 30.5 Å². The van der Waals surface area contributed by atoms with E-state index < -0.39 is 6.04 Å². The quantitative estimate of drug-likeness (QED) is 0.472. The third-order valence-electron chi connectivity index (χ3n) is 5.88. The van der Waals surface area contributed by atoms with Crippen LogP contribution in [-0.2, 0) is 0 Å². The molecule has 0 unspecified atom stereocenters. The summed E-state index contributed by atoms with van der Waals surface area (Å²) in [6.45, 7) is 7.40. The number of nitrogens with zero attached hydrogens (tertiary/aromatic N) is 2. The van der Waals surface area contributed by atoms with Gasteiger partial charge >= 0.3 is 0 Å². The van der Waals surface area contributed by atoms with E-state index in [-0.39, 0.29) is 22.9 Å². The summed E-state index contributed by atoms with van der Waals surface area (Å²) in [5.74, 6) is -0.585. The van der Waals surface area contributed by atoms with Crippen LogP contribution in [0.15, 0.2) is 56.1 Å². The first-order valence-electron chi connectivity index (χ1n) is 10.5. The van der Waals surface area contributed by atoms with Gasteiger partial charge in [-0.1, -0.05) is 41.9 Å². The average Bonchev–Trinajstić information content (AvgIpc) is 3.04. The zero-order valence-corrected chi connectivity index (χ0v) is 19.1. The van der Waals surface area contributed by atoms with Crippen LogP contribution in [0.2, 0.25) is 0 Å². The Morgan fingerprint density at radius 3 is 2.48 bits per heavy atom. The highest BCUT2D eigenvalue weighted by atomic mass is 79.9. The first-order chi connectivity index (χ1) is 14.9. The molecule has 4 rings (SSSR count). The standard InChI is InChI=1S/C24H24BrFN2O3/c1-3-27(4-2)12-5-13-28-21(15-6-9-17(26)10-7-15)20-22(29)18-14-16(25)8-11-19(18)31-23(20)24(28)30/h6-11,14,21H,3-5,12-13H2,1-2H3/t21-/m0/s1. The number of amides is 1. The second-order valence-electron chi connectivity index (χ2n) is 7.65. The smallest absolute Gasteiger partial charge is 0.290 e. The van der Waals surface area contributed by atoms with Gasteiger partial charge in [0.2, 0.25) is 5.76 Å². The topological polar surface area (TPSA) is 53.8 Å². The summed E-state index contributed by atoms with van der Waals surface area (Å²) < 4.78 is 20.3. The molecular formula is C24H24BrFN2O3. The van der Waals surface area contributed by atoms with E-state index in [0.29, 0.717) is 28.6 Å². The Hall–Kier alpha value is -2.51. The molecule has 0 spiro atoms. The molecule has 0 radical (unpaired) electrons. The highest BCUT2D eigenvalue weighted by Gasteiger charge is 2.42. The van der Waals surface area contributed by atoms with Gasteiger partial charge in [-0.05, 0) is 62.0 Å². The lowest BCUT2D eigenvalue weighted by Crippen LogP contribution is -2.33. The van der Waals surface area contributed by atoms with Crippen molar-refractivity contribution in [2.24, 2.45) is 0 Å². The minimum Gasteiger partial charge on any atom is -0.450 e. The SMILES string of the molecule is CCN(CC)CCCN1C(=O)c2oc3ccc(Br)cc3c(=O)c2[C@@H]1c1ccc(F)cc1. The summed E-state index contributed by atoms with van der Waals surface area (Å²) in [6.07, 6.45) is 0.762. The van der Waals surface area contributed by atoms with Crippen molar-refractivity contribution in [3.8, 4) is 0 Å². The van der Waals surface area contributed by atoms with Crippen molar-refractivity contribution >= 4 is 32.8 Å². The third-order valence-corrected chi connectivity index (χ3v) is 6.37. The minimum atomic E-state index is -0.598. The van der Waals surface area contributed by atoms with Crippen LogP contribution in [0.3, 0.4) is 0 Å². The van der Waals surface area contributed by atoms with Gasteiger partial charge in [-0.3, -0.25) is 9.59 Å². The molecule has 1 aliphatic rings. The van der Waals surface area contributed by atoms with Crippen molar-refractivity contribution in [2.75, 3.05) is 26.2 Å². The van der Waals surface area contributed by atoms with Gasteiger partial charge in [-0.25, -0.2) is 4.39 Å². The number of halogens is 2. The molecule has 5 nitrogen and oxygen atoms in total. The number of hydrogen-bond acceptors (Lipinski definition) is 4. The predicted molar refractivity (Wildman–Crippen MR) is 122 cm³/mol. The van der Waals surface area contributed by atoms with Gasteiger partial charge in [0.1, 0.15) is 11.4 Å². The first kappa shape index (κ1) is 21.7. The van der Waals surface area contributed by atoms with E-state index in [9.17, 15) is 14.0 Å². The molecule has 1 atom stereocenters. The molecule has 0 fully saturated rings. The Morgan fingerprint density at radius 2 is 1.81 bits per heavy atom. The van der Waals surface area contributed by atoms with E-state index in [4.69, 9.17) is 4.42 Å². The number of fused-ring (bicyclic) bond motifs is 2. The Bertz CT molecular complexity index is 1170. The molecule has 1 amide bonds. The van der Waals surface area contributed by atoms with Crippen LogP contribution in [0.5, 0.6) is 0 Å². The fourth-order valence-electron chi connectivity index (χ4n) is 4.22. The molecule has 0 N–H and O–H groups in total. The normalized spacial score (nSPS) is 15.8. The average molecular weight is 487 g/mol. The molecule has 1 aliphatic heterocycles. The second kappa shape index (κ2) is 8.93. The van der Waals surface area contributed by atoms with E-state index in [1.807, 2.05) is 0 Å². The molecule has 7 heteroatoms. The number of carbonyl (C=O) groups is 1. The van der Waals surface area contributed by atoms with Crippen LogP contribution >= 0.6 is 15.9 Å². The predicted octanol–water partition coefficient (Wildman–Crippen LogP) is 4.97.